The van der Waals surface area contributed by atoms with Gasteiger partial charge in [-0.05, 0) is 146 Å². The Morgan fingerprint density at radius 3 is 1.51 bits per heavy atom. The minimum absolute atomic E-state index is 0.0849. The maximum Gasteiger partial charge on any atom is 0.319 e. The highest BCUT2D eigenvalue weighted by Crippen LogP contribution is 2.48. The number of ether oxygens (including phenoxy) is 2. The minimum Gasteiger partial charge on any atom is -0.493 e. The first kappa shape index (κ1) is 46.2. The standard InChI is InChI=1S/C28H18FNO6S.C28H21FO2S/c1-2-17-3-5-18(6-4-17)25(31)24-22-12-11-21(36-27(32)28(13-14-28)16-35-30(33)34)15-23(22)37-26(24)19-7-9-20(29)10-8-19;1-3-18-4-6-19(7-5-18)26(30)25-23-13-12-22(31-17-28(2)14-15-28)16-24(23)32-27(25)20-8-10-21(29)11-9-20/h1,3-12,15H,13-14,16H2;1,4-13,16H,14-15,17H2,2H3. The summed E-state index contributed by atoms with van der Waals surface area (Å²) in [5, 5.41) is 11.1. The fraction of sp³-hybridized carbons (Fsp3) is 0.161. The van der Waals surface area contributed by atoms with E-state index in [1.165, 1.54) is 59.8 Å². The van der Waals surface area contributed by atoms with Crippen LogP contribution in [0.4, 0.5) is 8.78 Å². The first-order chi connectivity index (χ1) is 33.2. The Hall–Kier alpha value is -7.97. The second kappa shape index (κ2) is 19.0. The fourth-order valence-electron chi connectivity index (χ4n) is 7.66. The summed E-state index contributed by atoms with van der Waals surface area (Å²) in [5.74, 6) is 4.52. The molecule has 13 heteroatoms. The Labute approximate surface area is 403 Å². The van der Waals surface area contributed by atoms with Crippen molar-refractivity contribution < 1.29 is 42.6 Å². The van der Waals surface area contributed by atoms with Crippen LogP contribution < -0.4 is 9.47 Å². The number of fused-ring (bicyclic) bond motifs is 2. The van der Waals surface area contributed by atoms with Crippen LogP contribution in [-0.4, -0.2) is 35.8 Å². The van der Waals surface area contributed by atoms with Gasteiger partial charge in [0.05, 0.1) is 12.0 Å². The van der Waals surface area contributed by atoms with Crippen molar-refractivity contribution in [2.45, 2.75) is 32.6 Å². The van der Waals surface area contributed by atoms with Gasteiger partial charge < -0.3 is 14.3 Å². The lowest BCUT2D eigenvalue weighted by molar-refractivity contribution is -0.759. The van der Waals surface area contributed by atoms with Crippen molar-refractivity contribution in [2.24, 2.45) is 10.8 Å². The predicted molar refractivity (Wildman–Crippen MR) is 263 cm³/mol. The molecule has 0 unspecified atom stereocenters. The molecule has 0 amide bonds. The van der Waals surface area contributed by atoms with Crippen LogP contribution in [0.5, 0.6) is 11.5 Å². The highest BCUT2D eigenvalue weighted by molar-refractivity contribution is 7.23. The number of ketones is 2. The summed E-state index contributed by atoms with van der Waals surface area (Å²) in [4.78, 5) is 56.3. The lowest BCUT2D eigenvalue weighted by Gasteiger charge is -2.13. The third-order valence-corrected chi connectivity index (χ3v) is 14.7. The van der Waals surface area contributed by atoms with Crippen molar-refractivity contribution in [3.63, 3.8) is 0 Å². The van der Waals surface area contributed by atoms with Gasteiger partial charge in [0.2, 0.25) is 0 Å². The van der Waals surface area contributed by atoms with Crippen molar-refractivity contribution in [2.75, 3.05) is 13.2 Å². The van der Waals surface area contributed by atoms with Gasteiger partial charge in [0.25, 0.3) is 5.09 Å². The van der Waals surface area contributed by atoms with Gasteiger partial charge in [0.1, 0.15) is 29.7 Å². The van der Waals surface area contributed by atoms with Gasteiger partial charge >= 0.3 is 5.97 Å². The van der Waals surface area contributed by atoms with Crippen LogP contribution in [0, 0.1) is 57.3 Å². The maximum atomic E-state index is 13.6. The van der Waals surface area contributed by atoms with Gasteiger partial charge in [-0.1, -0.05) is 43.0 Å². The zero-order valence-electron chi connectivity index (χ0n) is 36.9. The molecule has 0 radical (unpaired) electrons. The van der Waals surface area contributed by atoms with Crippen molar-refractivity contribution in [3.8, 4) is 57.1 Å². The Kier molecular flexibility index (Phi) is 12.7. The summed E-state index contributed by atoms with van der Waals surface area (Å²) < 4.78 is 40.4. The van der Waals surface area contributed by atoms with Gasteiger partial charge in [-0.15, -0.1) is 45.6 Å². The van der Waals surface area contributed by atoms with Crippen LogP contribution in [-0.2, 0) is 9.63 Å². The molecule has 2 aliphatic rings. The van der Waals surface area contributed by atoms with Crippen LogP contribution >= 0.6 is 22.7 Å². The van der Waals surface area contributed by atoms with E-state index in [1.807, 2.05) is 18.2 Å². The van der Waals surface area contributed by atoms with Crippen molar-refractivity contribution >= 4 is 60.4 Å². The number of hydrogen-bond donors (Lipinski definition) is 0. The zero-order valence-corrected chi connectivity index (χ0v) is 38.5. The first-order valence-corrected chi connectivity index (χ1v) is 23.4. The molecular formula is C56H39F2NO8S2. The number of carbonyl (C=O) groups excluding carboxylic acids is 3. The largest absolute Gasteiger partial charge is 0.493 e. The van der Waals surface area contributed by atoms with Gasteiger partial charge in [0.15, 0.2) is 11.6 Å². The number of terminal acetylenes is 2. The second-order valence-electron chi connectivity index (χ2n) is 17.3. The van der Waals surface area contributed by atoms with Crippen LogP contribution in [0.1, 0.15) is 75.6 Å². The lowest BCUT2D eigenvalue weighted by Crippen LogP contribution is -2.27. The Morgan fingerprint density at radius 2 is 1.09 bits per heavy atom. The van der Waals surface area contributed by atoms with Crippen LogP contribution in [0.25, 0.3) is 41.1 Å². The molecule has 0 saturated heterocycles. The molecule has 8 aromatic rings. The van der Waals surface area contributed by atoms with Crippen LogP contribution in [0.3, 0.4) is 0 Å². The molecular weight excluding hydrogens is 917 g/mol. The predicted octanol–water partition coefficient (Wildman–Crippen LogP) is 12.9. The number of thiophene rings is 2. The molecule has 9 nitrogen and oxygen atoms in total. The van der Waals surface area contributed by atoms with Crippen molar-refractivity contribution in [3.05, 3.63) is 189 Å². The average Bonchev–Trinajstić information content (AvgIpc) is 4.25. The van der Waals surface area contributed by atoms with Crippen LogP contribution in [0.15, 0.2) is 133 Å². The van der Waals surface area contributed by atoms with Gasteiger partial charge in [0, 0.05) is 68.7 Å². The minimum atomic E-state index is -1.03. The number of carbonyl (C=O) groups is 3. The van der Waals surface area contributed by atoms with E-state index in [4.69, 9.17) is 22.3 Å². The smallest absolute Gasteiger partial charge is 0.319 e. The highest BCUT2D eigenvalue weighted by atomic mass is 32.1. The van der Waals surface area contributed by atoms with E-state index in [-0.39, 0.29) is 35.2 Å². The van der Waals surface area contributed by atoms with E-state index in [0.717, 1.165) is 31.8 Å². The lowest BCUT2D eigenvalue weighted by atomic mass is 9.97. The monoisotopic (exact) mass is 955 g/mol. The molecule has 6 aromatic carbocycles. The number of rotatable bonds is 14. The summed E-state index contributed by atoms with van der Waals surface area (Å²) in [6.45, 7) is 2.57. The highest BCUT2D eigenvalue weighted by Gasteiger charge is 2.52. The molecule has 342 valence electrons. The molecule has 2 aromatic heterocycles. The summed E-state index contributed by atoms with van der Waals surface area (Å²) >= 11 is 2.83. The van der Waals surface area contributed by atoms with E-state index < -0.39 is 22.3 Å². The quantitative estimate of drug-likeness (QED) is 0.0264. The van der Waals surface area contributed by atoms with E-state index in [0.29, 0.717) is 67.8 Å². The average molecular weight is 956 g/mol. The Morgan fingerprint density at radius 1 is 0.638 bits per heavy atom. The molecule has 0 spiro atoms. The van der Waals surface area contributed by atoms with Crippen molar-refractivity contribution in [1.82, 2.24) is 0 Å². The summed E-state index contributed by atoms with van der Waals surface area (Å²) in [6, 6.07) is 36.6. The van der Waals surface area contributed by atoms with Gasteiger partial charge in [-0.2, -0.15) is 0 Å². The second-order valence-corrected chi connectivity index (χ2v) is 19.4. The van der Waals surface area contributed by atoms with Crippen LogP contribution in [0.2, 0.25) is 0 Å². The third kappa shape index (κ3) is 10.0. The van der Waals surface area contributed by atoms with E-state index >= 15 is 0 Å². The molecule has 0 N–H and O–H groups in total. The number of halogens is 2. The molecule has 2 aliphatic carbocycles. The maximum absolute atomic E-state index is 13.6. The Balaban J connectivity index is 0.000000174. The van der Waals surface area contributed by atoms with E-state index in [9.17, 15) is 33.3 Å². The topological polar surface area (TPSA) is 122 Å². The number of benzene rings is 6. The summed E-state index contributed by atoms with van der Waals surface area (Å²) in [5.41, 5.74) is 4.17. The molecule has 2 heterocycles. The van der Waals surface area contributed by atoms with Crippen molar-refractivity contribution in [1.29, 1.82) is 0 Å². The molecule has 2 saturated carbocycles. The van der Waals surface area contributed by atoms with Gasteiger partial charge in [-0.3, -0.25) is 14.4 Å². The third-order valence-electron chi connectivity index (χ3n) is 12.3. The SMILES string of the molecule is C#Cc1ccc(C(=O)c2c(-c3ccc(F)cc3)sc3cc(OC(=O)C4(CO[N+](=O)[O-])CC4)ccc23)cc1.C#Cc1ccc(C(=O)c2c(-c3ccc(F)cc3)sc3cc(OCC4(C)CC4)ccc23)cc1. The fourth-order valence-corrected chi connectivity index (χ4v) is 10.1. The normalized spacial score (nSPS) is 13.8. The zero-order chi connectivity index (χ0) is 48.5. The Bertz CT molecular complexity index is 3390. The number of nitrogens with zero attached hydrogens (tertiary/aromatic N) is 1. The molecule has 2 fully saturated rings. The number of hydrogen-bond acceptors (Lipinski definition) is 10. The summed E-state index contributed by atoms with van der Waals surface area (Å²) in [7, 11) is 0. The molecule has 0 atom stereocenters. The first-order valence-electron chi connectivity index (χ1n) is 21.8. The molecule has 0 aliphatic heterocycles. The van der Waals surface area contributed by atoms with E-state index in [1.54, 1.807) is 91.0 Å². The number of esters is 1. The molecule has 69 heavy (non-hydrogen) atoms. The molecule has 0 bridgehead atoms. The van der Waals surface area contributed by atoms with E-state index in [2.05, 4.69) is 23.6 Å². The van der Waals surface area contributed by atoms with Gasteiger partial charge in [-0.25, -0.2) is 8.78 Å². The molecule has 10 rings (SSSR count). The summed E-state index contributed by atoms with van der Waals surface area (Å²) in [6.07, 6.45) is 14.1.